The summed E-state index contributed by atoms with van der Waals surface area (Å²) in [5, 5.41) is 10.2. The van der Waals surface area contributed by atoms with E-state index in [0.717, 1.165) is 19.3 Å². The molecule has 0 spiro atoms. The minimum absolute atomic E-state index is 0.241. The zero-order valence-corrected chi connectivity index (χ0v) is 15.7. The van der Waals surface area contributed by atoms with Crippen LogP contribution in [0.2, 0.25) is 0 Å². The Balaban J connectivity index is 2.71. The van der Waals surface area contributed by atoms with Crippen molar-refractivity contribution in [2.45, 2.75) is 59.5 Å². The van der Waals surface area contributed by atoms with Gasteiger partial charge in [-0.05, 0) is 58.3 Å². The fourth-order valence-electron chi connectivity index (χ4n) is 3.03. The van der Waals surface area contributed by atoms with Gasteiger partial charge in [0.2, 0.25) is 0 Å². The van der Waals surface area contributed by atoms with Gasteiger partial charge in [-0.25, -0.2) is 4.79 Å². The Kier molecular flexibility index (Phi) is 8.77. The van der Waals surface area contributed by atoms with Gasteiger partial charge in [0.25, 0.3) is 0 Å². The lowest BCUT2D eigenvalue weighted by Crippen LogP contribution is -2.27. The van der Waals surface area contributed by atoms with E-state index >= 15 is 0 Å². The molecule has 0 aromatic carbocycles. The molecule has 0 aromatic rings. The maximum atomic E-state index is 11.9. The molecule has 134 valence electrons. The van der Waals surface area contributed by atoms with Crippen LogP contribution in [0, 0.1) is 11.8 Å². The van der Waals surface area contributed by atoms with Gasteiger partial charge in [-0.3, -0.25) is 0 Å². The molecule has 0 fully saturated rings. The van der Waals surface area contributed by atoms with Crippen LogP contribution in [0.5, 0.6) is 0 Å². The summed E-state index contributed by atoms with van der Waals surface area (Å²) in [6.45, 7) is 8.29. The molecule has 1 unspecified atom stereocenters. The van der Waals surface area contributed by atoms with Gasteiger partial charge in [0.05, 0.1) is 13.2 Å². The zero-order chi connectivity index (χ0) is 18.1. The third-order valence-electron chi connectivity index (χ3n) is 4.57. The largest absolute Gasteiger partial charge is 0.466 e. The molecule has 1 aliphatic carbocycles. The Morgan fingerprint density at radius 1 is 1.46 bits per heavy atom. The van der Waals surface area contributed by atoms with E-state index in [2.05, 4.69) is 39.8 Å². The summed E-state index contributed by atoms with van der Waals surface area (Å²) in [6, 6.07) is 0. The van der Waals surface area contributed by atoms with Crippen LogP contribution in [0.1, 0.15) is 53.4 Å². The Morgan fingerprint density at radius 2 is 2.17 bits per heavy atom. The van der Waals surface area contributed by atoms with Crippen LogP contribution in [-0.4, -0.2) is 24.3 Å². The summed E-state index contributed by atoms with van der Waals surface area (Å²) >= 11 is 0. The van der Waals surface area contributed by atoms with Gasteiger partial charge in [-0.2, -0.15) is 0 Å². The van der Waals surface area contributed by atoms with E-state index in [4.69, 9.17) is 4.74 Å². The summed E-state index contributed by atoms with van der Waals surface area (Å²) in [4.78, 5) is 11.9. The summed E-state index contributed by atoms with van der Waals surface area (Å²) in [5.41, 5.74) is 3.19. The van der Waals surface area contributed by atoms with Gasteiger partial charge >= 0.3 is 5.97 Å². The zero-order valence-electron chi connectivity index (χ0n) is 15.7. The molecule has 1 aliphatic rings. The van der Waals surface area contributed by atoms with E-state index < -0.39 is 0 Å². The summed E-state index contributed by atoms with van der Waals surface area (Å²) in [5.74, 6) is 0.230. The fraction of sp³-hybridized carbons (Fsp3) is 0.571. The molecule has 0 heterocycles. The van der Waals surface area contributed by atoms with Gasteiger partial charge in [0.1, 0.15) is 0 Å². The molecule has 3 atom stereocenters. The molecule has 0 saturated carbocycles. The third kappa shape index (κ3) is 6.88. The lowest BCUT2D eigenvalue weighted by Gasteiger charge is -2.29. The molecular weight excluding hydrogens is 300 g/mol. The number of hydrogen-bond donors (Lipinski definition) is 1. The van der Waals surface area contributed by atoms with Crippen molar-refractivity contribution in [3.8, 4) is 0 Å². The number of carbonyl (C=O) groups is 1. The third-order valence-corrected chi connectivity index (χ3v) is 4.57. The van der Waals surface area contributed by atoms with Crippen LogP contribution in [-0.2, 0) is 9.53 Å². The Hall–Kier alpha value is -1.61. The van der Waals surface area contributed by atoms with Gasteiger partial charge in [0.15, 0.2) is 0 Å². The van der Waals surface area contributed by atoms with E-state index in [1.54, 1.807) is 0 Å². The van der Waals surface area contributed by atoms with E-state index in [9.17, 15) is 9.90 Å². The normalized spacial score (nSPS) is 22.9. The molecule has 3 heteroatoms. The highest BCUT2D eigenvalue weighted by Gasteiger charge is 2.25. The van der Waals surface area contributed by atoms with Crippen molar-refractivity contribution in [1.29, 1.82) is 0 Å². The molecule has 24 heavy (non-hydrogen) atoms. The Morgan fingerprint density at radius 3 is 2.75 bits per heavy atom. The van der Waals surface area contributed by atoms with Gasteiger partial charge in [-0.15, -0.1) is 0 Å². The molecular formula is C21H32O3. The molecule has 3 nitrogen and oxygen atoms in total. The van der Waals surface area contributed by atoms with E-state index in [1.165, 1.54) is 18.3 Å². The maximum Gasteiger partial charge on any atom is 0.333 e. The van der Waals surface area contributed by atoms with Crippen molar-refractivity contribution >= 4 is 5.97 Å². The monoisotopic (exact) mass is 332 g/mol. The van der Waals surface area contributed by atoms with Crippen molar-refractivity contribution in [2.75, 3.05) is 7.11 Å². The minimum Gasteiger partial charge on any atom is -0.466 e. The number of ether oxygens (including phenoxy) is 1. The lowest BCUT2D eigenvalue weighted by atomic mass is 9.79. The number of methoxy groups -OCH3 is 1. The number of rotatable bonds is 7. The molecule has 0 aromatic heterocycles. The predicted octanol–water partition coefficient (Wildman–Crippen LogP) is 4.74. The van der Waals surface area contributed by atoms with Gasteiger partial charge < -0.3 is 9.84 Å². The van der Waals surface area contributed by atoms with Crippen LogP contribution in [0.25, 0.3) is 0 Å². The topological polar surface area (TPSA) is 46.5 Å². The summed E-state index contributed by atoms with van der Waals surface area (Å²) < 4.78 is 4.86. The summed E-state index contributed by atoms with van der Waals surface area (Å²) in [6.07, 6.45) is 13.1. The first-order chi connectivity index (χ1) is 11.3. The number of esters is 1. The van der Waals surface area contributed by atoms with Crippen LogP contribution in [0.15, 0.2) is 47.1 Å². The van der Waals surface area contributed by atoms with E-state index in [1.807, 2.05) is 18.2 Å². The highest BCUT2D eigenvalue weighted by atomic mass is 16.5. The fourth-order valence-corrected chi connectivity index (χ4v) is 3.03. The van der Waals surface area contributed by atoms with Gasteiger partial charge in [0, 0.05) is 5.57 Å². The van der Waals surface area contributed by atoms with Crippen molar-refractivity contribution in [1.82, 2.24) is 0 Å². The van der Waals surface area contributed by atoms with Crippen LogP contribution in [0.3, 0.4) is 0 Å². The van der Waals surface area contributed by atoms with Crippen molar-refractivity contribution in [3.63, 3.8) is 0 Å². The Labute approximate surface area is 146 Å². The Bertz CT molecular complexity index is 533. The molecule has 0 aliphatic heterocycles. The van der Waals surface area contributed by atoms with Crippen molar-refractivity contribution in [3.05, 3.63) is 47.1 Å². The summed E-state index contributed by atoms with van der Waals surface area (Å²) in [7, 11) is 1.41. The molecule has 0 bridgehead atoms. The number of aliphatic hydroxyl groups excluding tert-OH is 1. The number of aliphatic hydroxyl groups is 1. The van der Waals surface area contributed by atoms with Crippen LogP contribution < -0.4 is 0 Å². The SMILES string of the molecule is COC(=O)/C(=C\C=C\C(C)[C@H]1CCC(C)=C[C@H]1O)CCC=C(C)C. The number of carbonyl (C=O) groups excluding carboxylic acids is 1. The lowest BCUT2D eigenvalue weighted by molar-refractivity contribution is -0.136. The first kappa shape index (κ1) is 20.4. The van der Waals surface area contributed by atoms with Crippen LogP contribution >= 0.6 is 0 Å². The minimum atomic E-state index is -0.375. The second kappa shape index (κ2) is 10.3. The predicted molar refractivity (Wildman–Crippen MR) is 99.6 cm³/mol. The first-order valence-electron chi connectivity index (χ1n) is 8.79. The highest BCUT2D eigenvalue weighted by molar-refractivity contribution is 5.88. The number of allylic oxidation sites excluding steroid dienone is 6. The van der Waals surface area contributed by atoms with Crippen molar-refractivity contribution in [2.24, 2.45) is 11.8 Å². The molecule has 1 rings (SSSR count). The maximum absolute atomic E-state index is 11.9. The van der Waals surface area contributed by atoms with Gasteiger partial charge in [-0.1, -0.05) is 48.5 Å². The van der Waals surface area contributed by atoms with E-state index in [-0.39, 0.29) is 23.9 Å². The van der Waals surface area contributed by atoms with Crippen molar-refractivity contribution < 1.29 is 14.6 Å². The molecule has 0 radical (unpaired) electrons. The average molecular weight is 332 g/mol. The molecule has 0 amide bonds. The second-order valence-corrected chi connectivity index (χ2v) is 6.95. The number of hydrogen-bond acceptors (Lipinski definition) is 3. The highest BCUT2D eigenvalue weighted by Crippen LogP contribution is 2.30. The first-order valence-corrected chi connectivity index (χ1v) is 8.79. The smallest absolute Gasteiger partial charge is 0.333 e. The van der Waals surface area contributed by atoms with Crippen LogP contribution in [0.4, 0.5) is 0 Å². The van der Waals surface area contributed by atoms with E-state index in [0.29, 0.717) is 12.0 Å². The average Bonchev–Trinajstić information content (AvgIpc) is 2.52. The quantitative estimate of drug-likeness (QED) is 0.317. The molecule has 0 saturated heterocycles. The molecule has 1 N–H and O–H groups in total. The standard InChI is InChI=1S/C21H32O3/c1-15(2)8-6-10-18(21(23)24-5)11-7-9-17(4)19-13-12-16(3)14-20(19)22/h7-9,11,14,17,19-20,22H,6,10,12-13H2,1-5H3/b9-7+,18-11-/t17?,19-,20-/m1/s1. The second-order valence-electron chi connectivity index (χ2n) is 6.95.